The lowest BCUT2D eigenvalue weighted by Crippen LogP contribution is -2.31. The van der Waals surface area contributed by atoms with Gasteiger partial charge in [0.15, 0.2) is 0 Å². The zero-order valence-electron chi connectivity index (χ0n) is 11.8. The molecule has 3 rings (SSSR count). The van der Waals surface area contributed by atoms with Crippen molar-refractivity contribution in [3.63, 3.8) is 0 Å². The molecule has 1 unspecified atom stereocenters. The van der Waals surface area contributed by atoms with Gasteiger partial charge in [0.05, 0.1) is 6.04 Å². The van der Waals surface area contributed by atoms with E-state index in [2.05, 4.69) is 22.0 Å². The van der Waals surface area contributed by atoms with Crippen LogP contribution in [-0.4, -0.2) is 13.0 Å². The summed E-state index contributed by atoms with van der Waals surface area (Å²) in [6, 6.07) is 14.0. The highest BCUT2D eigenvalue weighted by Gasteiger charge is 2.21. The number of fused-ring (bicyclic) bond motifs is 1. The Kier molecular flexibility index (Phi) is 3.83. The summed E-state index contributed by atoms with van der Waals surface area (Å²) in [5, 5.41) is 0. The molecule has 0 saturated carbocycles. The number of anilines is 1. The van der Waals surface area contributed by atoms with E-state index in [1.54, 1.807) is 4.90 Å². The molecule has 0 saturated heterocycles. The summed E-state index contributed by atoms with van der Waals surface area (Å²) in [4.78, 5) is 13.5. The van der Waals surface area contributed by atoms with Gasteiger partial charge in [0.25, 0.3) is 0 Å². The standard InChI is InChI=1S/C17H17BrN2O/c1-20-15-7-5-13(9-11(15)6-8-16(20)21)17(19)12-3-2-4-14(18)10-12/h2-5,7,9-10,17H,6,8,19H2,1H3. The zero-order chi connectivity index (χ0) is 15.0. The quantitative estimate of drug-likeness (QED) is 0.907. The number of benzene rings is 2. The van der Waals surface area contributed by atoms with Crippen LogP contribution >= 0.6 is 15.9 Å². The Balaban J connectivity index is 1.95. The molecule has 0 fully saturated rings. The monoisotopic (exact) mass is 344 g/mol. The van der Waals surface area contributed by atoms with Crippen molar-refractivity contribution in [3.8, 4) is 0 Å². The van der Waals surface area contributed by atoms with E-state index < -0.39 is 0 Å². The van der Waals surface area contributed by atoms with Crippen molar-refractivity contribution < 1.29 is 4.79 Å². The Morgan fingerprint density at radius 1 is 1.14 bits per heavy atom. The smallest absolute Gasteiger partial charge is 0.227 e. The summed E-state index contributed by atoms with van der Waals surface area (Å²) in [6.45, 7) is 0. The summed E-state index contributed by atoms with van der Waals surface area (Å²) in [5.74, 6) is 0.173. The topological polar surface area (TPSA) is 46.3 Å². The van der Waals surface area contributed by atoms with Crippen LogP contribution in [0.3, 0.4) is 0 Å². The van der Waals surface area contributed by atoms with Crippen LogP contribution in [0.1, 0.15) is 29.2 Å². The van der Waals surface area contributed by atoms with E-state index in [1.165, 1.54) is 5.56 Å². The van der Waals surface area contributed by atoms with Gasteiger partial charge >= 0.3 is 0 Å². The first-order chi connectivity index (χ1) is 10.1. The van der Waals surface area contributed by atoms with Crippen LogP contribution in [-0.2, 0) is 11.2 Å². The van der Waals surface area contributed by atoms with Crippen LogP contribution in [0.5, 0.6) is 0 Å². The Labute approximate surface area is 132 Å². The van der Waals surface area contributed by atoms with Crippen molar-refractivity contribution in [1.82, 2.24) is 0 Å². The first-order valence-corrected chi connectivity index (χ1v) is 7.76. The molecular formula is C17H17BrN2O. The number of hydrogen-bond donors (Lipinski definition) is 1. The molecule has 1 heterocycles. The van der Waals surface area contributed by atoms with E-state index >= 15 is 0 Å². The molecule has 1 amide bonds. The number of nitrogens with zero attached hydrogens (tertiary/aromatic N) is 1. The molecule has 0 radical (unpaired) electrons. The number of rotatable bonds is 2. The Morgan fingerprint density at radius 3 is 2.67 bits per heavy atom. The van der Waals surface area contributed by atoms with Gasteiger partial charge in [0, 0.05) is 23.6 Å². The minimum Gasteiger partial charge on any atom is -0.320 e. The first kappa shape index (κ1) is 14.3. The molecule has 2 N–H and O–H groups in total. The van der Waals surface area contributed by atoms with Gasteiger partial charge in [-0.2, -0.15) is 0 Å². The molecule has 2 aromatic carbocycles. The molecule has 0 aliphatic carbocycles. The Bertz CT molecular complexity index is 699. The molecule has 0 aromatic heterocycles. The number of carbonyl (C=O) groups is 1. The second kappa shape index (κ2) is 5.62. The highest BCUT2D eigenvalue weighted by molar-refractivity contribution is 9.10. The molecule has 1 aliphatic heterocycles. The van der Waals surface area contributed by atoms with E-state index in [0.29, 0.717) is 6.42 Å². The second-order valence-corrected chi connectivity index (χ2v) is 6.29. The van der Waals surface area contributed by atoms with Gasteiger partial charge in [-0.1, -0.05) is 40.2 Å². The fourth-order valence-electron chi connectivity index (χ4n) is 2.76. The summed E-state index contributed by atoms with van der Waals surface area (Å²) < 4.78 is 1.03. The van der Waals surface area contributed by atoms with Crippen molar-refractivity contribution in [3.05, 3.63) is 63.6 Å². The highest BCUT2D eigenvalue weighted by atomic mass is 79.9. The number of nitrogens with two attached hydrogens (primary N) is 1. The van der Waals surface area contributed by atoms with Gasteiger partial charge in [-0.3, -0.25) is 4.79 Å². The van der Waals surface area contributed by atoms with Crippen molar-refractivity contribution in [2.24, 2.45) is 5.73 Å². The van der Waals surface area contributed by atoms with Gasteiger partial charge in [-0.25, -0.2) is 0 Å². The predicted molar refractivity (Wildman–Crippen MR) is 88.3 cm³/mol. The highest BCUT2D eigenvalue weighted by Crippen LogP contribution is 2.31. The molecule has 0 bridgehead atoms. The molecule has 0 spiro atoms. The largest absolute Gasteiger partial charge is 0.320 e. The van der Waals surface area contributed by atoms with Crippen molar-refractivity contribution in [2.45, 2.75) is 18.9 Å². The maximum Gasteiger partial charge on any atom is 0.227 e. The number of aryl methyl sites for hydroxylation is 1. The third-order valence-electron chi connectivity index (χ3n) is 4.01. The Hall–Kier alpha value is -1.65. The SMILES string of the molecule is CN1C(=O)CCc2cc(C(N)c3cccc(Br)c3)ccc21. The fourth-order valence-corrected chi connectivity index (χ4v) is 3.18. The van der Waals surface area contributed by atoms with Crippen LogP contribution in [0.25, 0.3) is 0 Å². The summed E-state index contributed by atoms with van der Waals surface area (Å²) >= 11 is 3.48. The minimum absolute atomic E-state index is 0.157. The number of amides is 1. The number of hydrogen-bond acceptors (Lipinski definition) is 2. The number of carbonyl (C=O) groups excluding carboxylic acids is 1. The van der Waals surface area contributed by atoms with E-state index in [-0.39, 0.29) is 11.9 Å². The molecule has 108 valence electrons. The lowest BCUT2D eigenvalue weighted by Gasteiger charge is -2.27. The van der Waals surface area contributed by atoms with Crippen LogP contribution in [0.15, 0.2) is 46.9 Å². The van der Waals surface area contributed by atoms with Crippen molar-refractivity contribution >= 4 is 27.5 Å². The van der Waals surface area contributed by atoms with Crippen LogP contribution in [0.4, 0.5) is 5.69 Å². The van der Waals surface area contributed by atoms with E-state index in [9.17, 15) is 4.79 Å². The lowest BCUT2D eigenvalue weighted by atomic mass is 9.94. The third-order valence-corrected chi connectivity index (χ3v) is 4.51. The lowest BCUT2D eigenvalue weighted by molar-refractivity contribution is -0.118. The Morgan fingerprint density at radius 2 is 1.90 bits per heavy atom. The minimum atomic E-state index is -0.157. The van der Waals surface area contributed by atoms with Crippen LogP contribution in [0, 0.1) is 0 Å². The van der Waals surface area contributed by atoms with Crippen LogP contribution < -0.4 is 10.6 Å². The van der Waals surface area contributed by atoms with Crippen LogP contribution in [0.2, 0.25) is 0 Å². The third kappa shape index (κ3) is 2.74. The molecule has 2 aromatic rings. The van der Waals surface area contributed by atoms with Gasteiger partial charge in [-0.15, -0.1) is 0 Å². The molecule has 4 heteroatoms. The van der Waals surface area contributed by atoms with Crippen molar-refractivity contribution in [1.29, 1.82) is 0 Å². The average molecular weight is 345 g/mol. The molecule has 21 heavy (non-hydrogen) atoms. The molecular weight excluding hydrogens is 328 g/mol. The summed E-state index contributed by atoms with van der Waals surface area (Å²) in [7, 11) is 1.83. The maximum atomic E-state index is 11.7. The first-order valence-electron chi connectivity index (χ1n) is 6.96. The molecule has 1 atom stereocenters. The second-order valence-electron chi connectivity index (χ2n) is 5.37. The summed E-state index contributed by atoms with van der Waals surface area (Å²) in [5.41, 5.74) is 10.7. The molecule has 1 aliphatic rings. The van der Waals surface area contributed by atoms with E-state index in [1.807, 2.05) is 43.4 Å². The van der Waals surface area contributed by atoms with E-state index in [4.69, 9.17) is 5.73 Å². The fraction of sp³-hybridized carbons (Fsp3) is 0.235. The van der Waals surface area contributed by atoms with Gasteiger partial charge in [0.2, 0.25) is 5.91 Å². The average Bonchev–Trinajstić information content (AvgIpc) is 2.50. The van der Waals surface area contributed by atoms with Gasteiger partial charge < -0.3 is 10.6 Å². The predicted octanol–water partition coefficient (Wildman–Crippen LogP) is 3.41. The van der Waals surface area contributed by atoms with Gasteiger partial charge in [0.1, 0.15) is 0 Å². The van der Waals surface area contributed by atoms with E-state index in [0.717, 1.165) is 27.7 Å². The van der Waals surface area contributed by atoms with Gasteiger partial charge in [-0.05, 0) is 41.3 Å². The zero-order valence-corrected chi connectivity index (χ0v) is 13.4. The number of halogens is 1. The summed E-state index contributed by atoms with van der Waals surface area (Å²) in [6.07, 6.45) is 1.36. The maximum absolute atomic E-state index is 11.7. The van der Waals surface area contributed by atoms with Crippen molar-refractivity contribution in [2.75, 3.05) is 11.9 Å². The normalized spacial score (nSPS) is 15.8. The molecule has 3 nitrogen and oxygen atoms in total.